The molecule has 1 unspecified atom stereocenters. The van der Waals surface area contributed by atoms with Gasteiger partial charge in [-0.25, -0.2) is 4.79 Å². The van der Waals surface area contributed by atoms with Gasteiger partial charge in [-0.05, 0) is 30.2 Å². The van der Waals surface area contributed by atoms with Crippen molar-refractivity contribution in [2.75, 3.05) is 7.11 Å². The van der Waals surface area contributed by atoms with Crippen molar-refractivity contribution in [2.45, 2.75) is 23.2 Å². The molecule has 6 heteroatoms. The van der Waals surface area contributed by atoms with Gasteiger partial charge in [0.05, 0.1) is 7.11 Å². The molecule has 2 heterocycles. The molecule has 1 aliphatic rings. The zero-order chi connectivity index (χ0) is 18.1. The topological polar surface area (TPSA) is 65.7 Å². The van der Waals surface area contributed by atoms with E-state index in [-0.39, 0.29) is 17.8 Å². The first-order chi connectivity index (χ1) is 12.6. The van der Waals surface area contributed by atoms with Crippen molar-refractivity contribution >= 4 is 28.7 Å². The number of methoxy groups -OCH3 is 1. The first kappa shape index (κ1) is 16.7. The molecular formula is C20H16O5S. The maximum Gasteiger partial charge on any atom is 0.336 e. The third kappa shape index (κ3) is 3.20. The second-order valence-electron chi connectivity index (χ2n) is 5.98. The molecule has 0 bridgehead atoms. The van der Waals surface area contributed by atoms with Crippen LogP contribution in [0.4, 0.5) is 0 Å². The summed E-state index contributed by atoms with van der Waals surface area (Å²) in [6, 6.07) is 14.5. The highest BCUT2D eigenvalue weighted by Crippen LogP contribution is 2.37. The molecule has 5 nitrogen and oxygen atoms in total. The summed E-state index contributed by atoms with van der Waals surface area (Å²) < 4.78 is 15.9. The number of ether oxygens (including phenoxy) is 2. The number of esters is 1. The molecule has 4 rings (SSSR count). The maximum absolute atomic E-state index is 12.4. The Morgan fingerprint density at radius 2 is 2.08 bits per heavy atom. The summed E-state index contributed by atoms with van der Waals surface area (Å²) in [4.78, 5) is 25.4. The van der Waals surface area contributed by atoms with E-state index in [0.717, 1.165) is 15.8 Å². The number of carbonyl (C=O) groups excluding carboxylic acids is 1. The lowest BCUT2D eigenvalue weighted by Crippen LogP contribution is -2.19. The van der Waals surface area contributed by atoms with E-state index in [1.807, 2.05) is 24.3 Å². The molecule has 1 atom stereocenters. The van der Waals surface area contributed by atoms with E-state index in [2.05, 4.69) is 0 Å². The molecule has 0 saturated carbocycles. The largest absolute Gasteiger partial charge is 0.497 e. The molecule has 1 aromatic heterocycles. The fraction of sp³-hybridized carbons (Fsp3) is 0.200. The van der Waals surface area contributed by atoms with Crippen LogP contribution in [0, 0.1) is 0 Å². The molecule has 0 N–H and O–H groups in total. The number of carbonyl (C=O) groups is 1. The van der Waals surface area contributed by atoms with E-state index >= 15 is 0 Å². The first-order valence-corrected chi connectivity index (χ1v) is 9.04. The summed E-state index contributed by atoms with van der Waals surface area (Å²) in [6.45, 7) is 0.0284. The van der Waals surface area contributed by atoms with Gasteiger partial charge in [-0.3, -0.25) is 4.79 Å². The Bertz CT molecular complexity index is 1010. The monoisotopic (exact) mass is 368 g/mol. The van der Waals surface area contributed by atoms with Gasteiger partial charge in [-0.2, -0.15) is 0 Å². The van der Waals surface area contributed by atoms with Gasteiger partial charge in [-0.15, -0.1) is 11.8 Å². The summed E-state index contributed by atoms with van der Waals surface area (Å²) in [5.41, 5.74) is 1.70. The summed E-state index contributed by atoms with van der Waals surface area (Å²) in [7, 11) is 1.54. The number of fused-ring (bicyclic) bond motifs is 2. The fourth-order valence-electron chi connectivity index (χ4n) is 3.01. The lowest BCUT2D eigenvalue weighted by atomic mass is 10.1. The Hall–Kier alpha value is -2.73. The van der Waals surface area contributed by atoms with Gasteiger partial charge in [0.1, 0.15) is 23.2 Å². The van der Waals surface area contributed by atoms with E-state index in [4.69, 9.17) is 13.9 Å². The molecule has 132 valence electrons. The molecule has 2 aromatic carbocycles. The van der Waals surface area contributed by atoms with Gasteiger partial charge in [0.2, 0.25) is 0 Å². The van der Waals surface area contributed by atoms with Crippen LogP contribution in [0.15, 0.2) is 62.6 Å². The highest BCUT2D eigenvalue weighted by molar-refractivity contribution is 8.01. The van der Waals surface area contributed by atoms with Crippen molar-refractivity contribution in [3.63, 3.8) is 0 Å². The van der Waals surface area contributed by atoms with Crippen LogP contribution >= 0.6 is 11.8 Å². The molecule has 0 fully saturated rings. The number of rotatable bonds is 4. The third-order valence-corrected chi connectivity index (χ3v) is 5.61. The summed E-state index contributed by atoms with van der Waals surface area (Å²) in [5.74, 6) is 0.316. The zero-order valence-electron chi connectivity index (χ0n) is 14.1. The van der Waals surface area contributed by atoms with Crippen LogP contribution < -0.4 is 10.4 Å². The van der Waals surface area contributed by atoms with Crippen LogP contribution in [0.3, 0.4) is 0 Å². The highest BCUT2D eigenvalue weighted by atomic mass is 32.2. The molecule has 1 aliphatic heterocycles. The average molecular weight is 368 g/mol. The molecule has 0 saturated heterocycles. The molecular weight excluding hydrogens is 352 g/mol. The van der Waals surface area contributed by atoms with Gasteiger partial charge in [-0.1, -0.05) is 18.2 Å². The van der Waals surface area contributed by atoms with Gasteiger partial charge in [0.15, 0.2) is 0 Å². The molecule has 3 aromatic rings. The number of thioether (sulfide) groups is 1. The van der Waals surface area contributed by atoms with E-state index in [9.17, 15) is 9.59 Å². The second-order valence-corrected chi connectivity index (χ2v) is 7.22. The number of benzene rings is 2. The van der Waals surface area contributed by atoms with Gasteiger partial charge in [0.25, 0.3) is 0 Å². The Morgan fingerprint density at radius 3 is 2.88 bits per heavy atom. The zero-order valence-corrected chi connectivity index (χ0v) is 14.9. The van der Waals surface area contributed by atoms with Crippen LogP contribution in [0.1, 0.15) is 11.1 Å². The van der Waals surface area contributed by atoms with Crippen molar-refractivity contribution < 1.29 is 18.7 Å². The first-order valence-electron chi connectivity index (χ1n) is 8.16. The molecule has 0 spiro atoms. The Labute approximate surface area is 153 Å². The normalized spacial score (nSPS) is 15.7. The maximum atomic E-state index is 12.4. The van der Waals surface area contributed by atoms with Crippen molar-refractivity contribution in [3.8, 4) is 5.75 Å². The predicted octanol–water partition coefficient (Wildman–Crippen LogP) is 3.56. The molecule has 26 heavy (non-hydrogen) atoms. The predicted molar refractivity (Wildman–Crippen MR) is 98.6 cm³/mol. The summed E-state index contributed by atoms with van der Waals surface area (Å²) >= 11 is 1.52. The van der Waals surface area contributed by atoms with E-state index in [1.165, 1.54) is 17.8 Å². The van der Waals surface area contributed by atoms with E-state index < -0.39 is 5.63 Å². The van der Waals surface area contributed by atoms with Crippen LogP contribution in [0.5, 0.6) is 5.75 Å². The standard InChI is InChI=1S/C20H16O5S/c1-23-14-6-7-15-13(9-19(21)25-16(15)10-14)11-24-20(22)18-8-12-4-2-3-5-17(12)26-18/h2-7,9-10,18H,8,11H2,1H3. The van der Waals surface area contributed by atoms with Crippen LogP contribution in [0.25, 0.3) is 11.0 Å². The van der Waals surface area contributed by atoms with Crippen molar-refractivity contribution in [1.29, 1.82) is 0 Å². The Balaban J connectivity index is 1.51. The average Bonchev–Trinajstić information content (AvgIpc) is 3.09. The Morgan fingerprint density at radius 1 is 1.23 bits per heavy atom. The van der Waals surface area contributed by atoms with Gasteiger partial charge < -0.3 is 13.9 Å². The van der Waals surface area contributed by atoms with Crippen LogP contribution in [-0.2, 0) is 22.6 Å². The highest BCUT2D eigenvalue weighted by Gasteiger charge is 2.29. The van der Waals surface area contributed by atoms with E-state index in [0.29, 0.717) is 23.3 Å². The molecule has 0 aliphatic carbocycles. The lowest BCUT2D eigenvalue weighted by molar-refractivity contribution is -0.144. The lowest BCUT2D eigenvalue weighted by Gasteiger charge is -2.11. The van der Waals surface area contributed by atoms with Gasteiger partial charge in [0, 0.05) is 28.0 Å². The number of hydrogen-bond donors (Lipinski definition) is 0. The summed E-state index contributed by atoms with van der Waals surface area (Å²) in [6.07, 6.45) is 0.661. The quantitative estimate of drug-likeness (QED) is 0.518. The summed E-state index contributed by atoms with van der Waals surface area (Å²) in [5, 5.41) is 0.472. The second kappa shape index (κ2) is 6.88. The van der Waals surface area contributed by atoms with Crippen LogP contribution in [0.2, 0.25) is 0 Å². The number of hydrogen-bond acceptors (Lipinski definition) is 6. The minimum Gasteiger partial charge on any atom is -0.497 e. The molecule has 0 radical (unpaired) electrons. The minimum absolute atomic E-state index is 0.0284. The fourth-order valence-corrected chi connectivity index (χ4v) is 4.21. The SMILES string of the molecule is COc1ccc2c(COC(=O)C3Cc4ccccc4S3)cc(=O)oc2c1. The van der Waals surface area contributed by atoms with Crippen molar-refractivity contribution in [3.05, 3.63) is 70.1 Å². The van der Waals surface area contributed by atoms with Gasteiger partial charge >= 0.3 is 11.6 Å². The molecule has 0 amide bonds. The van der Waals surface area contributed by atoms with E-state index in [1.54, 1.807) is 25.3 Å². The Kier molecular flexibility index (Phi) is 4.42. The smallest absolute Gasteiger partial charge is 0.336 e. The minimum atomic E-state index is -0.487. The van der Waals surface area contributed by atoms with Crippen molar-refractivity contribution in [2.24, 2.45) is 0 Å². The third-order valence-electron chi connectivity index (χ3n) is 4.32. The van der Waals surface area contributed by atoms with Crippen LogP contribution in [-0.4, -0.2) is 18.3 Å². The van der Waals surface area contributed by atoms with Crippen molar-refractivity contribution in [1.82, 2.24) is 0 Å².